The summed E-state index contributed by atoms with van der Waals surface area (Å²) in [5, 5.41) is 0. The van der Waals surface area contributed by atoms with Gasteiger partial charge in [0, 0.05) is 0 Å². The molecular formula is C24H27F5O. The second-order valence-corrected chi connectivity index (χ2v) is 8.21. The Morgan fingerprint density at radius 2 is 1.43 bits per heavy atom. The highest BCUT2D eigenvalue weighted by Crippen LogP contribution is 2.32. The lowest BCUT2D eigenvalue weighted by Gasteiger charge is -2.28. The first-order chi connectivity index (χ1) is 14.4. The molecule has 0 saturated heterocycles. The van der Waals surface area contributed by atoms with Crippen molar-refractivity contribution in [1.29, 1.82) is 0 Å². The van der Waals surface area contributed by atoms with Crippen molar-refractivity contribution in [2.24, 2.45) is 11.8 Å². The number of rotatable bonds is 8. The summed E-state index contributed by atoms with van der Waals surface area (Å²) < 4.78 is 74.0. The summed E-state index contributed by atoms with van der Waals surface area (Å²) in [6.07, 6.45) is 6.89. The molecule has 0 aliphatic heterocycles. The predicted octanol–water partition coefficient (Wildman–Crippen LogP) is 7.15. The van der Waals surface area contributed by atoms with E-state index in [-0.39, 0.29) is 29.7 Å². The Kier molecular flexibility index (Phi) is 7.73. The van der Waals surface area contributed by atoms with Gasteiger partial charge in [-0.05, 0) is 66.8 Å². The second-order valence-electron chi connectivity index (χ2n) is 8.21. The SMILES string of the molecule is CCCC1CCC(COc2ccc(CCc3cc(F)c(F)c(F)c3)c(F)c2F)CC1. The van der Waals surface area contributed by atoms with Crippen molar-refractivity contribution in [2.45, 2.75) is 58.3 Å². The second kappa shape index (κ2) is 10.3. The van der Waals surface area contributed by atoms with E-state index >= 15 is 0 Å². The molecule has 0 heterocycles. The van der Waals surface area contributed by atoms with Crippen LogP contribution in [0.25, 0.3) is 0 Å². The quantitative estimate of drug-likeness (QED) is 0.322. The minimum atomic E-state index is -1.55. The van der Waals surface area contributed by atoms with Crippen LogP contribution < -0.4 is 4.74 Å². The van der Waals surface area contributed by atoms with Gasteiger partial charge in [-0.25, -0.2) is 17.6 Å². The third-order valence-electron chi connectivity index (χ3n) is 5.99. The first-order valence-electron chi connectivity index (χ1n) is 10.6. The summed E-state index contributed by atoms with van der Waals surface area (Å²) >= 11 is 0. The van der Waals surface area contributed by atoms with Crippen LogP contribution in [-0.4, -0.2) is 6.61 Å². The molecule has 1 nitrogen and oxygen atoms in total. The van der Waals surface area contributed by atoms with E-state index in [1.54, 1.807) is 0 Å². The van der Waals surface area contributed by atoms with Crippen LogP contribution in [0.1, 0.15) is 56.6 Å². The number of hydrogen-bond acceptors (Lipinski definition) is 1. The molecule has 0 amide bonds. The van der Waals surface area contributed by atoms with Gasteiger partial charge in [-0.15, -0.1) is 0 Å². The van der Waals surface area contributed by atoms with Crippen LogP contribution >= 0.6 is 0 Å². The third kappa shape index (κ3) is 5.52. The normalized spacial score (nSPS) is 19.1. The van der Waals surface area contributed by atoms with E-state index in [2.05, 4.69) is 6.92 Å². The molecule has 0 spiro atoms. The standard InChI is InChI=1S/C24H27F5O/c1-2-3-15-4-6-16(7-5-15)14-30-21-11-10-18(22(27)24(21)29)9-8-17-12-19(25)23(28)20(26)13-17/h10-13,15-16H,2-9,14H2,1H3. The van der Waals surface area contributed by atoms with Crippen molar-refractivity contribution < 1.29 is 26.7 Å². The highest BCUT2D eigenvalue weighted by Gasteiger charge is 2.22. The molecule has 0 atom stereocenters. The summed E-state index contributed by atoms with van der Waals surface area (Å²) in [6.45, 7) is 2.55. The zero-order valence-corrected chi connectivity index (χ0v) is 17.1. The van der Waals surface area contributed by atoms with Gasteiger partial charge in [-0.3, -0.25) is 0 Å². The van der Waals surface area contributed by atoms with Crippen molar-refractivity contribution in [3.05, 3.63) is 64.5 Å². The largest absolute Gasteiger partial charge is 0.490 e. The molecule has 2 aromatic rings. The van der Waals surface area contributed by atoms with Gasteiger partial charge >= 0.3 is 0 Å². The van der Waals surface area contributed by atoms with Crippen LogP contribution in [0, 0.1) is 40.9 Å². The van der Waals surface area contributed by atoms with Crippen molar-refractivity contribution >= 4 is 0 Å². The molecule has 0 bridgehead atoms. The maximum atomic E-state index is 14.4. The minimum absolute atomic E-state index is 0.0228. The van der Waals surface area contributed by atoms with E-state index in [1.165, 1.54) is 25.0 Å². The highest BCUT2D eigenvalue weighted by molar-refractivity contribution is 5.32. The fourth-order valence-electron chi connectivity index (χ4n) is 4.21. The van der Waals surface area contributed by atoms with E-state index < -0.39 is 29.1 Å². The van der Waals surface area contributed by atoms with Crippen molar-refractivity contribution in [3.63, 3.8) is 0 Å². The summed E-state index contributed by atoms with van der Waals surface area (Å²) in [6, 6.07) is 4.53. The van der Waals surface area contributed by atoms with Crippen LogP contribution in [0.4, 0.5) is 22.0 Å². The van der Waals surface area contributed by atoms with Gasteiger partial charge in [0.05, 0.1) is 6.61 Å². The Balaban J connectivity index is 1.56. The average molecular weight is 426 g/mol. The Bertz CT molecular complexity index is 836. The van der Waals surface area contributed by atoms with Gasteiger partial charge in [-0.2, -0.15) is 4.39 Å². The van der Waals surface area contributed by atoms with E-state index in [1.807, 2.05) is 0 Å². The smallest absolute Gasteiger partial charge is 0.200 e. The monoisotopic (exact) mass is 426 g/mol. The number of halogens is 5. The van der Waals surface area contributed by atoms with Crippen molar-refractivity contribution in [2.75, 3.05) is 6.61 Å². The minimum Gasteiger partial charge on any atom is -0.490 e. The molecule has 1 saturated carbocycles. The van der Waals surface area contributed by atoms with Crippen LogP contribution in [0.15, 0.2) is 24.3 Å². The van der Waals surface area contributed by atoms with Gasteiger partial charge in [0.15, 0.2) is 29.0 Å². The number of benzene rings is 2. The van der Waals surface area contributed by atoms with E-state index in [9.17, 15) is 22.0 Å². The summed E-state index contributed by atoms with van der Waals surface area (Å²) in [5.41, 5.74) is 0.246. The molecule has 0 N–H and O–H groups in total. The Morgan fingerprint density at radius 1 is 0.800 bits per heavy atom. The highest BCUT2D eigenvalue weighted by atomic mass is 19.2. The molecule has 0 unspecified atom stereocenters. The zero-order chi connectivity index (χ0) is 21.7. The Morgan fingerprint density at radius 3 is 2.07 bits per heavy atom. The van der Waals surface area contributed by atoms with Gasteiger partial charge in [-0.1, -0.05) is 38.7 Å². The molecule has 1 fully saturated rings. The Labute approximate surface area is 174 Å². The molecule has 164 valence electrons. The average Bonchev–Trinajstić information content (AvgIpc) is 2.73. The molecule has 6 heteroatoms. The van der Waals surface area contributed by atoms with E-state index in [0.717, 1.165) is 43.7 Å². The lowest BCUT2D eigenvalue weighted by atomic mass is 9.80. The number of ether oxygens (including phenoxy) is 1. The van der Waals surface area contributed by atoms with Gasteiger partial charge < -0.3 is 4.74 Å². The van der Waals surface area contributed by atoms with Crippen molar-refractivity contribution in [1.82, 2.24) is 0 Å². The number of aryl methyl sites for hydroxylation is 2. The molecule has 1 aliphatic rings. The molecule has 0 radical (unpaired) electrons. The summed E-state index contributed by atoms with van der Waals surface area (Å²) in [7, 11) is 0. The lowest BCUT2D eigenvalue weighted by molar-refractivity contribution is 0.173. The van der Waals surface area contributed by atoms with Gasteiger partial charge in [0.2, 0.25) is 5.82 Å². The molecule has 1 aliphatic carbocycles. The van der Waals surface area contributed by atoms with Crippen LogP contribution in [0.2, 0.25) is 0 Å². The maximum absolute atomic E-state index is 14.4. The Hall–Kier alpha value is -2.11. The molecule has 2 aromatic carbocycles. The molecule has 3 rings (SSSR count). The summed E-state index contributed by atoms with van der Waals surface area (Å²) in [4.78, 5) is 0. The molecular weight excluding hydrogens is 399 g/mol. The van der Waals surface area contributed by atoms with Crippen LogP contribution in [0.5, 0.6) is 5.75 Å². The first-order valence-corrected chi connectivity index (χ1v) is 10.6. The maximum Gasteiger partial charge on any atom is 0.200 e. The summed E-state index contributed by atoms with van der Waals surface area (Å²) in [5.74, 6) is -5.23. The van der Waals surface area contributed by atoms with Crippen LogP contribution in [-0.2, 0) is 12.8 Å². The van der Waals surface area contributed by atoms with Crippen molar-refractivity contribution in [3.8, 4) is 5.75 Å². The topological polar surface area (TPSA) is 9.23 Å². The predicted molar refractivity (Wildman–Crippen MR) is 106 cm³/mol. The number of hydrogen-bond donors (Lipinski definition) is 0. The molecule has 0 aromatic heterocycles. The third-order valence-corrected chi connectivity index (χ3v) is 5.99. The first kappa shape index (κ1) is 22.6. The van der Waals surface area contributed by atoms with Gasteiger partial charge in [0.25, 0.3) is 0 Å². The van der Waals surface area contributed by atoms with E-state index in [0.29, 0.717) is 12.5 Å². The molecule has 30 heavy (non-hydrogen) atoms. The van der Waals surface area contributed by atoms with Gasteiger partial charge in [0.1, 0.15) is 0 Å². The zero-order valence-electron chi connectivity index (χ0n) is 17.1. The lowest BCUT2D eigenvalue weighted by Crippen LogP contribution is -2.20. The fourth-order valence-corrected chi connectivity index (χ4v) is 4.21. The van der Waals surface area contributed by atoms with E-state index in [4.69, 9.17) is 4.74 Å². The fraction of sp³-hybridized carbons (Fsp3) is 0.500. The van der Waals surface area contributed by atoms with Crippen LogP contribution in [0.3, 0.4) is 0 Å².